The van der Waals surface area contributed by atoms with Crippen LogP contribution in [-0.2, 0) is 11.3 Å². The van der Waals surface area contributed by atoms with E-state index >= 15 is 0 Å². The quantitative estimate of drug-likeness (QED) is 0.922. The van der Waals surface area contributed by atoms with Crippen LogP contribution in [0.2, 0.25) is 0 Å². The van der Waals surface area contributed by atoms with Crippen LogP contribution in [-0.4, -0.2) is 48.4 Å². The first kappa shape index (κ1) is 15.0. The summed E-state index contributed by atoms with van der Waals surface area (Å²) in [6.45, 7) is 5.41. The number of piperazine rings is 1. The van der Waals surface area contributed by atoms with E-state index in [1.54, 1.807) is 0 Å². The molecule has 1 amide bonds. The Bertz CT molecular complexity index is 454. The van der Waals surface area contributed by atoms with Crippen molar-refractivity contribution in [2.24, 2.45) is 17.6 Å². The van der Waals surface area contributed by atoms with Crippen LogP contribution >= 0.6 is 11.3 Å². The van der Waals surface area contributed by atoms with Gasteiger partial charge in [-0.1, -0.05) is 12.5 Å². The molecule has 0 aromatic carbocycles. The minimum absolute atomic E-state index is 0.193. The van der Waals surface area contributed by atoms with Gasteiger partial charge in [0.15, 0.2) is 0 Å². The Labute approximate surface area is 130 Å². The van der Waals surface area contributed by atoms with Gasteiger partial charge in [0.2, 0.25) is 5.91 Å². The van der Waals surface area contributed by atoms with Gasteiger partial charge in [-0.15, -0.1) is 11.3 Å². The number of rotatable bonds is 4. The molecule has 4 nitrogen and oxygen atoms in total. The summed E-state index contributed by atoms with van der Waals surface area (Å²) in [6.07, 6.45) is 3.33. The molecule has 21 heavy (non-hydrogen) atoms. The van der Waals surface area contributed by atoms with Crippen molar-refractivity contribution in [3.63, 3.8) is 0 Å². The second kappa shape index (κ2) is 6.90. The molecule has 0 bridgehead atoms. The Hall–Kier alpha value is -0.910. The number of carbonyl (C=O) groups is 1. The summed E-state index contributed by atoms with van der Waals surface area (Å²) in [4.78, 5) is 18.6. The highest BCUT2D eigenvalue weighted by Gasteiger charge is 2.35. The highest BCUT2D eigenvalue weighted by Crippen LogP contribution is 2.32. The lowest BCUT2D eigenvalue weighted by atomic mass is 9.94. The van der Waals surface area contributed by atoms with Crippen molar-refractivity contribution in [3.05, 3.63) is 22.4 Å². The highest BCUT2D eigenvalue weighted by atomic mass is 32.1. The number of nitrogens with zero attached hydrogens (tertiary/aromatic N) is 2. The number of hydrogen-bond donors (Lipinski definition) is 1. The molecular formula is C16H25N3OS. The molecule has 1 saturated heterocycles. The molecule has 2 fully saturated rings. The van der Waals surface area contributed by atoms with Crippen molar-refractivity contribution in [1.29, 1.82) is 0 Å². The minimum atomic E-state index is 0.193. The highest BCUT2D eigenvalue weighted by molar-refractivity contribution is 7.09. The first-order valence-corrected chi connectivity index (χ1v) is 8.89. The zero-order chi connectivity index (χ0) is 14.7. The van der Waals surface area contributed by atoms with Gasteiger partial charge in [0.1, 0.15) is 0 Å². The van der Waals surface area contributed by atoms with E-state index < -0.39 is 0 Å². The molecule has 1 aromatic heterocycles. The summed E-state index contributed by atoms with van der Waals surface area (Å²) in [6, 6.07) is 4.29. The molecule has 2 heterocycles. The van der Waals surface area contributed by atoms with E-state index in [0.29, 0.717) is 18.4 Å². The Morgan fingerprint density at radius 2 is 2.10 bits per heavy atom. The van der Waals surface area contributed by atoms with Crippen LogP contribution in [0.4, 0.5) is 0 Å². The Balaban J connectivity index is 1.50. The van der Waals surface area contributed by atoms with Crippen LogP contribution < -0.4 is 5.73 Å². The summed E-state index contributed by atoms with van der Waals surface area (Å²) in [5, 5.41) is 2.13. The minimum Gasteiger partial charge on any atom is -0.340 e. The second-order valence-corrected chi connectivity index (χ2v) is 7.25. The van der Waals surface area contributed by atoms with E-state index in [1.807, 2.05) is 11.3 Å². The number of amides is 1. The van der Waals surface area contributed by atoms with Gasteiger partial charge in [-0.2, -0.15) is 0 Å². The summed E-state index contributed by atoms with van der Waals surface area (Å²) >= 11 is 1.81. The number of hydrogen-bond acceptors (Lipinski definition) is 4. The van der Waals surface area contributed by atoms with Crippen LogP contribution in [0.25, 0.3) is 0 Å². The van der Waals surface area contributed by atoms with E-state index in [1.165, 1.54) is 4.88 Å². The largest absolute Gasteiger partial charge is 0.340 e. The molecule has 0 radical (unpaired) electrons. The van der Waals surface area contributed by atoms with Crippen molar-refractivity contribution < 1.29 is 4.79 Å². The van der Waals surface area contributed by atoms with Crippen molar-refractivity contribution in [2.75, 3.05) is 32.7 Å². The molecule has 3 rings (SSSR count). The van der Waals surface area contributed by atoms with Gasteiger partial charge >= 0.3 is 0 Å². The molecule has 5 heteroatoms. The fourth-order valence-electron chi connectivity index (χ4n) is 3.63. The average Bonchev–Trinajstić information content (AvgIpc) is 3.18. The smallest absolute Gasteiger partial charge is 0.226 e. The molecule has 1 aliphatic heterocycles. The summed E-state index contributed by atoms with van der Waals surface area (Å²) in [5.74, 6) is 0.971. The first-order chi connectivity index (χ1) is 10.3. The van der Waals surface area contributed by atoms with Crippen LogP contribution in [0.5, 0.6) is 0 Å². The van der Waals surface area contributed by atoms with E-state index in [9.17, 15) is 4.79 Å². The van der Waals surface area contributed by atoms with E-state index in [4.69, 9.17) is 5.73 Å². The average molecular weight is 307 g/mol. The molecule has 2 aliphatic rings. The van der Waals surface area contributed by atoms with Crippen molar-refractivity contribution in [2.45, 2.75) is 25.8 Å². The van der Waals surface area contributed by atoms with Gasteiger partial charge in [0, 0.05) is 43.5 Å². The lowest BCUT2D eigenvalue weighted by Crippen LogP contribution is -2.50. The SMILES string of the molecule is NC[C@H]1CCC[C@H]1C(=O)N1CCN(Cc2cccs2)CC1. The molecule has 2 N–H and O–H groups in total. The van der Waals surface area contributed by atoms with Gasteiger partial charge in [0.05, 0.1) is 0 Å². The standard InChI is InChI=1S/C16H25N3OS/c17-11-13-3-1-5-15(13)16(20)19-8-6-18(7-9-19)12-14-4-2-10-21-14/h2,4,10,13,15H,1,3,5-9,11-12,17H2/t13-,15-/m1/s1. The number of thiophene rings is 1. The summed E-state index contributed by atoms with van der Waals surface area (Å²) in [5.41, 5.74) is 5.81. The predicted molar refractivity (Wildman–Crippen MR) is 86.1 cm³/mol. The summed E-state index contributed by atoms with van der Waals surface area (Å²) in [7, 11) is 0. The van der Waals surface area contributed by atoms with Crippen molar-refractivity contribution in [1.82, 2.24) is 9.80 Å². The maximum absolute atomic E-state index is 12.6. The Morgan fingerprint density at radius 3 is 2.76 bits per heavy atom. The molecule has 0 unspecified atom stereocenters. The normalized spacial score (nSPS) is 27.2. The van der Waals surface area contributed by atoms with Crippen LogP contribution in [0, 0.1) is 11.8 Å². The second-order valence-electron chi connectivity index (χ2n) is 6.21. The van der Waals surface area contributed by atoms with Crippen LogP contribution in [0.15, 0.2) is 17.5 Å². The van der Waals surface area contributed by atoms with Crippen LogP contribution in [0.1, 0.15) is 24.1 Å². The fraction of sp³-hybridized carbons (Fsp3) is 0.688. The monoisotopic (exact) mass is 307 g/mol. The summed E-state index contributed by atoms with van der Waals surface area (Å²) < 4.78 is 0. The van der Waals surface area contributed by atoms with Gasteiger partial charge in [-0.3, -0.25) is 9.69 Å². The maximum Gasteiger partial charge on any atom is 0.226 e. The van der Waals surface area contributed by atoms with Crippen molar-refractivity contribution >= 4 is 17.2 Å². The zero-order valence-corrected chi connectivity index (χ0v) is 13.4. The van der Waals surface area contributed by atoms with Crippen LogP contribution in [0.3, 0.4) is 0 Å². The Kier molecular flexibility index (Phi) is 4.93. The molecule has 1 aliphatic carbocycles. The molecule has 1 saturated carbocycles. The van der Waals surface area contributed by atoms with Gasteiger partial charge in [-0.05, 0) is 36.8 Å². The fourth-order valence-corrected chi connectivity index (χ4v) is 4.37. The predicted octanol–water partition coefficient (Wildman–Crippen LogP) is 1.77. The molecule has 2 atom stereocenters. The van der Waals surface area contributed by atoms with Gasteiger partial charge in [0.25, 0.3) is 0 Å². The van der Waals surface area contributed by atoms with E-state index in [2.05, 4.69) is 27.3 Å². The maximum atomic E-state index is 12.6. The topological polar surface area (TPSA) is 49.6 Å². The lowest BCUT2D eigenvalue weighted by molar-refractivity contribution is -0.138. The first-order valence-electron chi connectivity index (χ1n) is 8.01. The molecule has 0 spiro atoms. The number of nitrogens with two attached hydrogens (primary N) is 1. The van der Waals surface area contributed by atoms with E-state index in [0.717, 1.165) is 52.0 Å². The van der Waals surface area contributed by atoms with Crippen molar-refractivity contribution in [3.8, 4) is 0 Å². The molecular weight excluding hydrogens is 282 g/mol. The lowest BCUT2D eigenvalue weighted by Gasteiger charge is -2.36. The Morgan fingerprint density at radius 1 is 1.29 bits per heavy atom. The zero-order valence-electron chi connectivity index (χ0n) is 12.5. The third-order valence-corrected chi connectivity index (χ3v) is 5.78. The van der Waals surface area contributed by atoms with Gasteiger partial charge < -0.3 is 10.6 Å². The number of carbonyl (C=O) groups excluding carboxylic acids is 1. The molecule has 1 aromatic rings. The van der Waals surface area contributed by atoms with E-state index in [-0.39, 0.29) is 5.92 Å². The molecule has 116 valence electrons. The third kappa shape index (κ3) is 3.47. The van der Waals surface area contributed by atoms with Gasteiger partial charge in [-0.25, -0.2) is 0 Å². The third-order valence-electron chi connectivity index (χ3n) is 4.92.